The van der Waals surface area contributed by atoms with Crippen LogP contribution in [0.1, 0.15) is 24.9 Å². The Bertz CT molecular complexity index is 544. The van der Waals surface area contributed by atoms with Crippen LogP contribution >= 0.6 is 22.9 Å². The predicted octanol–water partition coefficient (Wildman–Crippen LogP) is 3.67. The first-order valence-corrected chi connectivity index (χ1v) is 6.83. The summed E-state index contributed by atoms with van der Waals surface area (Å²) in [5.74, 6) is -0.352. The van der Waals surface area contributed by atoms with Crippen molar-refractivity contribution in [2.24, 2.45) is 0 Å². The van der Waals surface area contributed by atoms with E-state index in [1.54, 1.807) is 6.07 Å². The molecule has 6 heteroatoms. The summed E-state index contributed by atoms with van der Waals surface area (Å²) in [6.45, 7) is 4.93. The third-order valence-electron chi connectivity index (χ3n) is 2.48. The van der Waals surface area contributed by atoms with Crippen LogP contribution in [0.15, 0.2) is 18.2 Å². The fourth-order valence-electron chi connectivity index (χ4n) is 1.57. The van der Waals surface area contributed by atoms with Crippen LogP contribution in [0.3, 0.4) is 0 Å². The molecule has 1 unspecified atom stereocenters. The monoisotopic (exact) mass is 285 g/mol. The van der Waals surface area contributed by atoms with Crippen molar-refractivity contribution in [2.45, 2.75) is 19.9 Å². The lowest BCUT2D eigenvalue weighted by atomic mass is 10.2. The average molecular weight is 286 g/mol. The van der Waals surface area contributed by atoms with E-state index in [0.29, 0.717) is 15.6 Å². The first-order valence-electron chi connectivity index (χ1n) is 5.64. The fourth-order valence-corrected chi connectivity index (χ4v) is 2.80. The highest BCUT2D eigenvalue weighted by molar-refractivity contribution is 7.14. The van der Waals surface area contributed by atoms with Crippen LogP contribution < -0.4 is 5.32 Å². The lowest BCUT2D eigenvalue weighted by Crippen LogP contribution is -2.17. The third kappa shape index (κ3) is 2.85. The summed E-state index contributed by atoms with van der Waals surface area (Å²) >= 11 is 7.46. The SMILES string of the molecule is CCNC(C)c1nnc(-c2ccc(F)cc2Cl)s1. The van der Waals surface area contributed by atoms with Crippen molar-refractivity contribution in [1.82, 2.24) is 15.5 Å². The van der Waals surface area contributed by atoms with Crippen LogP contribution in [0.5, 0.6) is 0 Å². The van der Waals surface area contributed by atoms with Crippen LogP contribution in [0.2, 0.25) is 5.02 Å². The van der Waals surface area contributed by atoms with Gasteiger partial charge in [-0.2, -0.15) is 0 Å². The van der Waals surface area contributed by atoms with E-state index in [4.69, 9.17) is 11.6 Å². The zero-order valence-corrected chi connectivity index (χ0v) is 11.6. The van der Waals surface area contributed by atoms with Crippen LogP contribution in [0, 0.1) is 5.82 Å². The molecule has 0 aliphatic carbocycles. The predicted molar refractivity (Wildman–Crippen MR) is 72.4 cm³/mol. The summed E-state index contributed by atoms with van der Waals surface area (Å²) < 4.78 is 13.0. The normalized spacial score (nSPS) is 12.7. The molecule has 3 nitrogen and oxygen atoms in total. The maximum Gasteiger partial charge on any atom is 0.149 e. The molecule has 0 spiro atoms. The van der Waals surface area contributed by atoms with Gasteiger partial charge in [-0.3, -0.25) is 0 Å². The van der Waals surface area contributed by atoms with Gasteiger partial charge in [0, 0.05) is 5.56 Å². The third-order valence-corrected chi connectivity index (χ3v) is 3.93. The molecular weight excluding hydrogens is 273 g/mol. The Hall–Kier alpha value is -1.04. The number of hydrogen-bond acceptors (Lipinski definition) is 4. The number of hydrogen-bond donors (Lipinski definition) is 1. The Morgan fingerprint density at radius 3 is 2.89 bits per heavy atom. The number of nitrogens with one attached hydrogen (secondary N) is 1. The van der Waals surface area contributed by atoms with Gasteiger partial charge in [0.25, 0.3) is 0 Å². The lowest BCUT2D eigenvalue weighted by molar-refractivity contribution is 0.590. The summed E-state index contributed by atoms with van der Waals surface area (Å²) in [7, 11) is 0. The lowest BCUT2D eigenvalue weighted by Gasteiger charge is -2.06. The molecule has 0 bridgehead atoms. The molecule has 1 heterocycles. The number of halogens is 2. The van der Waals surface area contributed by atoms with Gasteiger partial charge in [-0.05, 0) is 31.7 Å². The van der Waals surface area contributed by atoms with Crippen molar-refractivity contribution in [1.29, 1.82) is 0 Å². The summed E-state index contributed by atoms with van der Waals surface area (Å²) in [6.07, 6.45) is 0. The van der Waals surface area contributed by atoms with Crippen LogP contribution in [0.25, 0.3) is 10.6 Å². The molecule has 18 heavy (non-hydrogen) atoms. The first kappa shape index (κ1) is 13.4. The van der Waals surface area contributed by atoms with Crippen LogP contribution in [-0.2, 0) is 0 Å². The average Bonchev–Trinajstić information content (AvgIpc) is 2.78. The van der Waals surface area contributed by atoms with Crippen molar-refractivity contribution in [3.05, 3.63) is 34.0 Å². The van der Waals surface area contributed by atoms with E-state index in [9.17, 15) is 4.39 Å². The Morgan fingerprint density at radius 1 is 1.44 bits per heavy atom. The van der Waals surface area contributed by atoms with E-state index in [1.165, 1.54) is 23.5 Å². The van der Waals surface area contributed by atoms with Gasteiger partial charge in [-0.1, -0.05) is 29.9 Å². The molecule has 0 saturated carbocycles. The molecule has 0 amide bonds. The van der Waals surface area contributed by atoms with Gasteiger partial charge in [0.1, 0.15) is 15.8 Å². The number of nitrogens with zero attached hydrogens (tertiary/aromatic N) is 2. The molecule has 1 aromatic carbocycles. The summed E-state index contributed by atoms with van der Waals surface area (Å²) in [5.41, 5.74) is 0.713. The van der Waals surface area contributed by atoms with Crippen molar-refractivity contribution < 1.29 is 4.39 Å². The smallest absolute Gasteiger partial charge is 0.149 e. The van der Waals surface area contributed by atoms with E-state index >= 15 is 0 Å². The molecule has 2 aromatic rings. The zero-order chi connectivity index (χ0) is 13.1. The standard InChI is InChI=1S/C12H13ClFN3S/c1-3-15-7(2)11-16-17-12(18-11)9-5-4-8(14)6-10(9)13/h4-7,15H,3H2,1-2H3. The summed E-state index contributed by atoms with van der Waals surface area (Å²) in [5, 5.41) is 13.5. The minimum absolute atomic E-state index is 0.153. The molecule has 0 fully saturated rings. The number of aromatic nitrogens is 2. The molecule has 1 atom stereocenters. The highest BCUT2D eigenvalue weighted by atomic mass is 35.5. The second-order valence-electron chi connectivity index (χ2n) is 3.85. The Labute approximate surface area is 114 Å². The van der Waals surface area contributed by atoms with Gasteiger partial charge >= 0.3 is 0 Å². The molecule has 0 saturated heterocycles. The first-order chi connectivity index (χ1) is 8.61. The minimum atomic E-state index is -0.352. The largest absolute Gasteiger partial charge is 0.308 e. The van der Waals surface area contributed by atoms with Gasteiger partial charge in [0.15, 0.2) is 0 Å². The zero-order valence-electron chi connectivity index (χ0n) is 10.1. The second kappa shape index (κ2) is 5.73. The van der Waals surface area contributed by atoms with Crippen LogP contribution in [0.4, 0.5) is 4.39 Å². The molecule has 1 aromatic heterocycles. The Morgan fingerprint density at radius 2 is 2.22 bits per heavy atom. The quantitative estimate of drug-likeness (QED) is 0.931. The van der Waals surface area contributed by atoms with Crippen LogP contribution in [-0.4, -0.2) is 16.7 Å². The molecule has 0 aliphatic heterocycles. The minimum Gasteiger partial charge on any atom is -0.308 e. The number of benzene rings is 1. The Balaban J connectivity index is 2.29. The molecule has 0 aliphatic rings. The highest BCUT2D eigenvalue weighted by Gasteiger charge is 2.14. The van der Waals surface area contributed by atoms with Gasteiger partial charge in [-0.25, -0.2) is 4.39 Å². The van der Waals surface area contributed by atoms with Crippen molar-refractivity contribution in [2.75, 3.05) is 6.54 Å². The molecular formula is C12H13ClFN3S. The maximum absolute atomic E-state index is 13.0. The molecule has 96 valence electrons. The Kier molecular flexibility index (Phi) is 4.27. The second-order valence-corrected chi connectivity index (χ2v) is 5.27. The van der Waals surface area contributed by atoms with Gasteiger partial charge < -0.3 is 5.32 Å². The molecule has 0 radical (unpaired) electrons. The maximum atomic E-state index is 13.0. The van der Waals surface area contributed by atoms with Gasteiger partial charge in [0.2, 0.25) is 0 Å². The highest BCUT2D eigenvalue weighted by Crippen LogP contribution is 2.32. The van der Waals surface area contributed by atoms with E-state index in [-0.39, 0.29) is 11.9 Å². The van der Waals surface area contributed by atoms with Crippen molar-refractivity contribution >= 4 is 22.9 Å². The summed E-state index contributed by atoms with van der Waals surface area (Å²) in [4.78, 5) is 0. The van der Waals surface area contributed by atoms with Crippen molar-refractivity contribution in [3.63, 3.8) is 0 Å². The van der Waals surface area contributed by atoms with E-state index in [1.807, 2.05) is 13.8 Å². The number of rotatable bonds is 4. The van der Waals surface area contributed by atoms with Gasteiger partial charge in [0.05, 0.1) is 11.1 Å². The summed E-state index contributed by atoms with van der Waals surface area (Å²) in [6, 6.07) is 4.43. The van der Waals surface area contributed by atoms with E-state index in [0.717, 1.165) is 11.6 Å². The molecule has 1 N–H and O–H groups in total. The van der Waals surface area contributed by atoms with Gasteiger partial charge in [-0.15, -0.1) is 10.2 Å². The van der Waals surface area contributed by atoms with Crippen molar-refractivity contribution in [3.8, 4) is 10.6 Å². The molecule has 2 rings (SSSR count). The van der Waals surface area contributed by atoms with E-state index in [2.05, 4.69) is 15.5 Å². The van der Waals surface area contributed by atoms with E-state index < -0.39 is 0 Å². The fraction of sp³-hybridized carbons (Fsp3) is 0.333. The topological polar surface area (TPSA) is 37.8 Å².